The standard InChI is InChI=1S/C26H36N2O5/c1-21-5-3-8-24(15-21)33-20-26(30)18-27(13-14-32-19-26)17-25(29)9-11-28(12-10-25)22-6-4-7-23(16-22)31-2/h3-8,15-16,29-30H,9-14,17-20H2,1-2H3/t26-/m1/s1. The van der Waals surface area contributed by atoms with Gasteiger partial charge in [-0.15, -0.1) is 0 Å². The van der Waals surface area contributed by atoms with E-state index in [1.165, 1.54) is 0 Å². The number of piperidine rings is 1. The molecule has 2 N–H and O–H groups in total. The molecule has 33 heavy (non-hydrogen) atoms. The predicted molar refractivity (Wildman–Crippen MR) is 128 cm³/mol. The predicted octanol–water partition coefficient (Wildman–Crippen LogP) is 2.48. The number of hydrogen-bond donors (Lipinski definition) is 2. The Hall–Kier alpha value is -2.32. The van der Waals surface area contributed by atoms with Crippen LogP contribution < -0.4 is 14.4 Å². The molecule has 0 unspecified atom stereocenters. The lowest BCUT2D eigenvalue weighted by Gasteiger charge is -2.42. The summed E-state index contributed by atoms with van der Waals surface area (Å²) in [6.07, 6.45) is 1.33. The molecular formula is C26H36N2O5. The van der Waals surface area contributed by atoms with Crippen LogP contribution in [0.1, 0.15) is 18.4 Å². The van der Waals surface area contributed by atoms with Crippen LogP contribution in [-0.4, -0.2) is 86.0 Å². The molecule has 180 valence electrons. The van der Waals surface area contributed by atoms with Gasteiger partial charge in [-0.2, -0.15) is 0 Å². The van der Waals surface area contributed by atoms with E-state index in [-0.39, 0.29) is 13.2 Å². The van der Waals surface area contributed by atoms with E-state index in [1.54, 1.807) is 7.11 Å². The van der Waals surface area contributed by atoms with Crippen LogP contribution in [0.25, 0.3) is 0 Å². The van der Waals surface area contributed by atoms with Gasteiger partial charge in [-0.3, -0.25) is 4.90 Å². The number of aryl methyl sites for hydroxylation is 1. The highest BCUT2D eigenvalue weighted by Crippen LogP contribution is 2.30. The zero-order valence-corrected chi connectivity index (χ0v) is 19.7. The molecule has 0 radical (unpaired) electrons. The molecule has 0 saturated carbocycles. The van der Waals surface area contributed by atoms with Gasteiger partial charge in [0.05, 0.1) is 25.9 Å². The van der Waals surface area contributed by atoms with Crippen LogP contribution in [0.5, 0.6) is 11.5 Å². The third-order valence-corrected chi connectivity index (χ3v) is 6.57. The van der Waals surface area contributed by atoms with Crippen LogP contribution in [0.2, 0.25) is 0 Å². The Morgan fingerprint density at radius 1 is 0.970 bits per heavy atom. The maximum absolute atomic E-state index is 11.3. The largest absolute Gasteiger partial charge is 0.497 e. The summed E-state index contributed by atoms with van der Waals surface area (Å²) in [5.74, 6) is 1.58. The smallest absolute Gasteiger partial charge is 0.134 e. The van der Waals surface area contributed by atoms with Gasteiger partial charge < -0.3 is 29.3 Å². The minimum atomic E-state index is -1.13. The van der Waals surface area contributed by atoms with E-state index in [0.29, 0.717) is 39.1 Å². The van der Waals surface area contributed by atoms with E-state index in [4.69, 9.17) is 14.2 Å². The molecular weight excluding hydrogens is 420 g/mol. The van der Waals surface area contributed by atoms with Gasteiger partial charge in [0.15, 0.2) is 0 Å². The Morgan fingerprint density at radius 3 is 2.48 bits per heavy atom. The average Bonchev–Trinajstić information content (AvgIpc) is 2.99. The van der Waals surface area contributed by atoms with E-state index in [9.17, 15) is 10.2 Å². The van der Waals surface area contributed by atoms with E-state index >= 15 is 0 Å². The third kappa shape index (κ3) is 6.38. The minimum Gasteiger partial charge on any atom is -0.497 e. The summed E-state index contributed by atoms with van der Waals surface area (Å²) in [6.45, 7) is 6.04. The summed E-state index contributed by atoms with van der Waals surface area (Å²) in [4.78, 5) is 4.41. The van der Waals surface area contributed by atoms with Gasteiger partial charge in [0.1, 0.15) is 23.7 Å². The molecule has 2 heterocycles. The van der Waals surface area contributed by atoms with Gasteiger partial charge in [0.2, 0.25) is 0 Å². The molecule has 2 fully saturated rings. The van der Waals surface area contributed by atoms with Gasteiger partial charge >= 0.3 is 0 Å². The van der Waals surface area contributed by atoms with Crippen LogP contribution in [0, 0.1) is 6.92 Å². The van der Waals surface area contributed by atoms with E-state index in [0.717, 1.165) is 35.8 Å². The van der Waals surface area contributed by atoms with Gasteiger partial charge in [-0.1, -0.05) is 18.2 Å². The summed E-state index contributed by atoms with van der Waals surface area (Å²) >= 11 is 0. The first kappa shape index (κ1) is 23.8. The normalized spacial score (nSPS) is 23.7. The molecule has 0 aliphatic carbocycles. The second-order valence-corrected chi connectivity index (χ2v) is 9.51. The second-order valence-electron chi connectivity index (χ2n) is 9.51. The van der Waals surface area contributed by atoms with Crippen LogP contribution in [0.3, 0.4) is 0 Å². The molecule has 2 aliphatic rings. The quantitative estimate of drug-likeness (QED) is 0.663. The molecule has 0 aromatic heterocycles. The van der Waals surface area contributed by atoms with Crippen molar-refractivity contribution in [2.24, 2.45) is 0 Å². The van der Waals surface area contributed by atoms with Crippen molar-refractivity contribution in [3.63, 3.8) is 0 Å². The summed E-state index contributed by atoms with van der Waals surface area (Å²) in [6, 6.07) is 15.8. The fraction of sp³-hybridized carbons (Fsp3) is 0.538. The number of ether oxygens (including phenoxy) is 3. The molecule has 2 saturated heterocycles. The van der Waals surface area contributed by atoms with Gasteiger partial charge in [0, 0.05) is 44.5 Å². The van der Waals surface area contributed by atoms with Crippen molar-refractivity contribution >= 4 is 5.69 Å². The topological polar surface area (TPSA) is 74.6 Å². The number of anilines is 1. The van der Waals surface area contributed by atoms with Crippen molar-refractivity contribution in [3.8, 4) is 11.5 Å². The molecule has 7 nitrogen and oxygen atoms in total. The fourth-order valence-electron chi connectivity index (χ4n) is 4.70. The number of nitrogens with zero attached hydrogens (tertiary/aromatic N) is 2. The Labute approximate surface area is 196 Å². The first-order chi connectivity index (χ1) is 15.9. The zero-order valence-electron chi connectivity index (χ0n) is 19.7. The highest BCUT2D eigenvalue weighted by Gasteiger charge is 2.39. The Morgan fingerprint density at radius 2 is 1.73 bits per heavy atom. The van der Waals surface area contributed by atoms with E-state index in [2.05, 4.69) is 15.9 Å². The molecule has 0 bridgehead atoms. The minimum absolute atomic E-state index is 0.148. The Bertz CT molecular complexity index is 915. The van der Waals surface area contributed by atoms with Gasteiger partial charge in [-0.05, 0) is 49.6 Å². The van der Waals surface area contributed by atoms with E-state index < -0.39 is 11.2 Å². The first-order valence-electron chi connectivity index (χ1n) is 11.7. The van der Waals surface area contributed by atoms with Crippen molar-refractivity contribution in [2.75, 3.05) is 64.6 Å². The summed E-state index contributed by atoms with van der Waals surface area (Å²) in [7, 11) is 1.67. The highest BCUT2D eigenvalue weighted by atomic mass is 16.5. The molecule has 0 amide bonds. The molecule has 0 spiro atoms. The van der Waals surface area contributed by atoms with Gasteiger partial charge in [-0.25, -0.2) is 0 Å². The number of benzene rings is 2. The third-order valence-electron chi connectivity index (χ3n) is 6.57. The van der Waals surface area contributed by atoms with Crippen molar-refractivity contribution in [3.05, 3.63) is 54.1 Å². The fourth-order valence-corrected chi connectivity index (χ4v) is 4.70. The molecule has 4 rings (SSSR count). The Kier molecular flexibility index (Phi) is 7.44. The average molecular weight is 457 g/mol. The number of aliphatic hydroxyl groups is 2. The first-order valence-corrected chi connectivity index (χ1v) is 11.7. The maximum atomic E-state index is 11.3. The summed E-state index contributed by atoms with van der Waals surface area (Å²) < 4.78 is 16.9. The monoisotopic (exact) mass is 456 g/mol. The SMILES string of the molecule is COc1cccc(N2CCC(O)(CN3CCOC[C@@](O)(COc4cccc(C)c4)C3)CC2)c1. The molecule has 1 atom stereocenters. The summed E-state index contributed by atoms with van der Waals surface area (Å²) in [5.41, 5.74) is 0.304. The molecule has 2 aromatic carbocycles. The van der Waals surface area contributed by atoms with Crippen molar-refractivity contribution < 1.29 is 24.4 Å². The lowest BCUT2D eigenvalue weighted by molar-refractivity contribution is -0.0742. The summed E-state index contributed by atoms with van der Waals surface area (Å²) in [5, 5.41) is 22.6. The van der Waals surface area contributed by atoms with E-state index in [1.807, 2.05) is 49.4 Å². The Balaban J connectivity index is 1.33. The highest BCUT2D eigenvalue weighted by molar-refractivity contribution is 5.51. The number of hydrogen-bond acceptors (Lipinski definition) is 7. The maximum Gasteiger partial charge on any atom is 0.134 e. The number of rotatable bonds is 7. The number of methoxy groups -OCH3 is 1. The van der Waals surface area contributed by atoms with Crippen molar-refractivity contribution in [1.82, 2.24) is 4.90 Å². The molecule has 2 aliphatic heterocycles. The van der Waals surface area contributed by atoms with Gasteiger partial charge in [0.25, 0.3) is 0 Å². The zero-order chi connectivity index (χ0) is 23.3. The van der Waals surface area contributed by atoms with Crippen molar-refractivity contribution in [1.29, 1.82) is 0 Å². The lowest BCUT2D eigenvalue weighted by atomic mass is 9.90. The van der Waals surface area contributed by atoms with Crippen molar-refractivity contribution in [2.45, 2.75) is 31.0 Å². The van der Waals surface area contributed by atoms with Crippen LogP contribution in [0.15, 0.2) is 48.5 Å². The van der Waals surface area contributed by atoms with Crippen LogP contribution in [0.4, 0.5) is 5.69 Å². The second kappa shape index (κ2) is 10.3. The van der Waals surface area contributed by atoms with Crippen LogP contribution >= 0.6 is 0 Å². The van der Waals surface area contributed by atoms with Crippen LogP contribution in [-0.2, 0) is 4.74 Å². The number of β-amino-alcohol motifs (C(OH)–C–C–N with tert-alkyl or cyclic N) is 2. The molecule has 7 heteroatoms. The molecule has 2 aromatic rings. The lowest BCUT2D eigenvalue weighted by Crippen LogP contribution is -2.55.